The van der Waals surface area contributed by atoms with Crippen molar-refractivity contribution in [3.63, 3.8) is 0 Å². The third-order valence-corrected chi connectivity index (χ3v) is 3.35. The SMILES string of the molecule is CC(C)(C)OC(=O)CNC(=O)c1cccc(NC(=O)NCc2ccccn2)c1. The summed E-state index contributed by atoms with van der Waals surface area (Å²) in [5.74, 6) is -0.965. The zero-order valence-electron chi connectivity index (χ0n) is 16.1. The van der Waals surface area contributed by atoms with Gasteiger partial charge in [-0.25, -0.2) is 4.79 Å². The van der Waals surface area contributed by atoms with Crippen LogP contribution in [0.3, 0.4) is 0 Å². The predicted molar refractivity (Wildman–Crippen MR) is 105 cm³/mol. The Bertz CT molecular complexity index is 832. The van der Waals surface area contributed by atoms with Crippen molar-refractivity contribution in [3.8, 4) is 0 Å². The van der Waals surface area contributed by atoms with Crippen LogP contribution in [-0.4, -0.2) is 35.0 Å². The molecule has 0 unspecified atom stereocenters. The van der Waals surface area contributed by atoms with Gasteiger partial charge in [-0.15, -0.1) is 0 Å². The number of pyridine rings is 1. The van der Waals surface area contributed by atoms with Gasteiger partial charge in [0.05, 0.1) is 12.2 Å². The first-order valence-electron chi connectivity index (χ1n) is 8.78. The third-order valence-electron chi connectivity index (χ3n) is 3.35. The van der Waals surface area contributed by atoms with Crippen molar-refractivity contribution >= 4 is 23.6 Å². The van der Waals surface area contributed by atoms with Crippen LogP contribution in [-0.2, 0) is 16.1 Å². The highest BCUT2D eigenvalue weighted by molar-refractivity contribution is 5.98. The van der Waals surface area contributed by atoms with Gasteiger partial charge in [-0.2, -0.15) is 0 Å². The highest BCUT2D eigenvalue weighted by atomic mass is 16.6. The molecule has 28 heavy (non-hydrogen) atoms. The number of benzene rings is 1. The number of urea groups is 1. The lowest BCUT2D eigenvalue weighted by Gasteiger charge is -2.19. The normalized spacial score (nSPS) is 10.7. The van der Waals surface area contributed by atoms with Crippen molar-refractivity contribution in [1.29, 1.82) is 0 Å². The van der Waals surface area contributed by atoms with E-state index in [1.807, 2.05) is 6.07 Å². The van der Waals surface area contributed by atoms with Crippen molar-refractivity contribution in [2.45, 2.75) is 32.9 Å². The molecule has 0 aliphatic rings. The number of anilines is 1. The summed E-state index contributed by atoms with van der Waals surface area (Å²) in [7, 11) is 0. The molecule has 0 bridgehead atoms. The minimum Gasteiger partial charge on any atom is -0.459 e. The fourth-order valence-corrected chi connectivity index (χ4v) is 2.22. The number of ether oxygens (including phenoxy) is 1. The Kier molecular flexibility index (Phi) is 7.08. The lowest BCUT2D eigenvalue weighted by Crippen LogP contribution is -2.34. The first kappa shape index (κ1) is 20.9. The summed E-state index contributed by atoms with van der Waals surface area (Å²) in [6.45, 7) is 5.30. The zero-order chi connectivity index (χ0) is 20.6. The van der Waals surface area contributed by atoms with Crippen LogP contribution in [0.15, 0.2) is 48.7 Å². The topological polar surface area (TPSA) is 109 Å². The van der Waals surface area contributed by atoms with E-state index in [0.29, 0.717) is 11.3 Å². The lowest BCUT2D eigenvalue weighted by molar-refractivity contribution is -0.153. The molecule has 0 atom stereocenters. The molecule has 0 aliphatic carbocycles. The van der Waals surface area contributed by atoms with E-state index in [-0.39, 0.29) is 13.1 Å². The summed E-state index contributed by atoms with van der Waals surface area (Å²) >= 11 is 0. The molecule has 0 fully saturated rings. The molecule has 0 radical (unpaired) electrons. The van der Waals surface area contributed by atoms with E-state index in [9.17, 15) is 14.4 Å². The Morgan fingerprint density at radius 2 is 1.82 bits per heavy atom. The van der Waals surface area contributed by atoms with Crippen molar-refractivity contribution in [3.05, 3.63) is 59.9 Å². The summed E-state index contributed by atoms with van der Waals surface area (Å²) < 4.78 is 5.14. The molecular formula is C20H24N4O4. The van der Waals surface area contributed by atoms with Crippen LogP contribution >= 0.6 is 0 Å². The molecule has 3 amide bonds. The summed E-state index contributed by atoms with van der Waals surface area (Å²) in [5, 5.41) is 7.84. The van der Waals surface area contributed by atoms with Gasteiger partial charge in [-0.05, 0) is 51.1 Å². The number of carbonyl (C=O) groups is 3. The van der Waals surface area contributed by atoms with Gasteiger partial charge in [0.2, 0.25) is 0 Å². The Morgan fingerprint density at radius 3 is 2.50 bits per heavy atom. The maximum Gasteiger partial charge on any atom is 0.325 e. The highest BCUT2D eigenvalue weighted by Gasteiger charge is 2.17. The van der Waals surface area contributed by atoms with E-state index in [2.05, 4.69) is 20.9 Å². The molecule has 8 nitrogen and oxygen atoms in total. The molecule has 0 saturated carbocycles. The number of carbonyl (C=O) groups excluding carboxylic acids is 3. The van der Waals surface area contributed by atoms with Crippen LogP contribution in [0.25, 0.3) is 0 Å². The van der Waals surface area contributed by atoms with E-state index in [4.69, 9.17) is 4.74 Å². The number of nitrogens with one attached hydrogen (secondary N) is 3. The van der Waals surface area contributed by atoms with Crippen molar-refractivity contribution in [1.82, 2.24) is 15.6 Å². The van der Waals surface area contributed by atoms with Gasteiger partial charge in [-0.1, -0.05) is 12.1 Å². The number of nitrogens with zero attached hydrogens (tertiary/aromatic N) is 1. The van der Waals surface area contributed by atoms with Crippen LogP contribution < -0.4 is 16.0 Å². The molecule has 1 heterocycles. The maximum atomic E-state index is 12.2. The Labute approximate surface area is 163 Å². The number of esters is 1. The van der Waals surface area contributed by atoms with Gasteiger partial charge in [-0.3, -0.25) is 14.6 Å². The number of hydrogen-bond donors (Lipinski definition) is 3. The minimum atomic E-state index is -0.617. The molecule has 1 aromatic heterocycles. The predicted octanol–water partition coefficient (Wildman–Crippen LogP) is 2.47. The van der Waals surface area contributed by atoms with E-state index in [1.54, 1.807) is 57.3 Å². The largest absolute Gasteiger partial charge is 0.459 e. The van der Waals surface area contributed by atoms with Crippen molar-refractivity contribution < 1.29 is 19.1 Å². The first-order chi connectivity index (χ1) is 13.2. The minimum absolute atomic E-state index is 0.238. The fourth-order valence-electron chi connectivity index (χ4n) is 2.22. The summed E-state index contributed by atoms with van der Waals surface area (Å²) in [5.41, 5.74) is 0.872. The second-order valence-electron chi connectivity index (χ2n) is 6.98. The molecule has 2 rings (SSSR count). The second kappa shape index (κ2) is 9.50. The summed E-state index contributed by atoms with van der Waals surface area (Å²) in [6, 6.07) is 11.4. The standard InChI is InChI=1S/C20H24N4O4/c1-20(2,3)28-17(25)13-22-18(26)14-7-6-9-15(11-14)24-19(27)23-12-16-8-4-5-10-21-16/h4-11H,12-13H2,1-3H3,(H,22,26)(H2,23,24,27). The molecule has 0 spiro atoms. The average Bonchev–Trinajstić information content (AvgIpc) is 2.64. The Morgan fingerprint density at radius 1 is 1.04 bits per heavy atom. The number of rotatable bonds is 6. The quantitative estimate of drug-likeness (QED) is 0.663. The van der Waals surface area contributed by atoms with Crippen molar-refractivity contribution in [2.24, 2.45) is 0 Å². The van der Waals surface area contributed by atoms with Gasteiger partial charge >= 0.3 is 12.0 Å². The number of aromatic nitrogens is 1. The van der Waals surface area contributed by atoms with Crippen LogP contribution in [0.1, 0.15) is 36.8 Å². The molecule has 1 aromatic carbocycles. The van der Waals surface area contributed by atoms with E-state index in [0.717, 1.165) is 5.69 Å². The fraction of sp³-hybridized carbons (Fsp3) is 0.300. The molecule has 0 saturated heterocycles. The van der Waals surface area contributed by atoms with Crippen LogP contribution in [0, 0.1) is 0 Å². The molecule has 8 heteroatoms. The molecule has 2 aromatic rings. The molecule has 0 aliphatic heterocycles. The molecule has 3 N–H and O–H groups in total. The van der Waals surface area contributed by atoms with Gasteiger partial charge in [0.25, 0.3) is 5.91 Å². The van der Waals surface area contributed by atoms with E-state index < -0.39 is 23.5 Å². The van der Waals surface area contributed by atoms with E-state index in [1.165, 1.54) is 6.07 Å². The van der Waals surface area contributed by atoms with Crippen molar-refractivity contribution in [2.75, 3.05) is 11.9 Å². The Balaban J connectivity index is 1.86. The Hall–Kier alpha value is -3.42. The number of hydrogen-bond acceptors (Lipinski definition) is 5. The highest BCUT2D eigenvalue weighted by Crippen LogP contribution is 2.11. The maximum absolute atomic E-state index is 12.2. The third kappa shape index (κ3) is 7.45. The monoisotopic (exact) mass is 384 g/mol. The first-order valence-corrected chi connectivity index (χ1v) is 8.78. The molecular weight excluding hydrogens is 360 g/mol. The summed E-state index contributed by atoms with van der Waals surface area (Å²) in [4.78, 5) is 40.0. The lowest BCUT2D eigenvalue weighted by atomic mass is 10.2. The van der Waals surface area contributed by atoms with Crippen LogP contribution in [0.5, 0.6) is 0 Å². The average molecular weight is 384 g/mol. The number of amides is 3. The van der Waals surface area contributed by atoms with Crippen LogP contribution in [0.4, 0.5) is 10.5 Å². The van der Waals surface area contributed by atoms with Gasteiger partial charge in [0.1, 0.15) is 12.1 Å². The van der Waals surface area contributed by atoms with Gasteiger partial charge in [0.15, 0.2) is 0 Å². The smallest absolute Gasteiger partial charge is 0.325 e. The van der Waals surface area contributed by atoms with E-state index >= 15 is 0 Å². The van der Waals surface area contributed by atoms with Gasteiger partial charge in [0, 0.05) is 17.4 Å². The van der Waals surface area contributed by atoms with Crippen LogP contribution in [0.2, 0.25) is 0 Å². The summed E-state index contributed by atoms with van der Waals surface area (Å²) in [6.07, 6.45) is 1.65. The van der Waals surface area contributed by atoms with Gasteiger partial charge < -0.3 is 20.7 Å². The second-order valence-corrected chi connectivity index (χ2v) is 6.98. The molecule has 148 valence electrons. The zero-order valence-corrected chi connectivity index (χ0v) is 16.1.